The first-order valence-corrected chi connectivity index (χ1v) is 9.04. The average Bonchev–Trinajstić information content (AvgIpc) is 3.17. The first-order valence-electron chi connectivity index (χ1n) is 8.22. The molecule has 3 rings (SSSR count). The van der Waals surface area contributed by atoms with Crippen LogP contribution in [0.3, 0.4) is 0 Å². The summed E-state index contributed by atoms with van der Waals surface area (Å²) in [5.41, 5.74) is -0.712. The normalized spacial score (nSPS) is 18.3. The molecule has 5 nitrogen and oxygen atoms in total. The van der Waals surface area contributed by atoms with Crippen LogP contribution in [0.5, 0.6) is 0 Å². The van der Waals surface area contributed by atoms with E-state index in [9.17, 15) is 9.90 Å². The van der Waals surface area contributed by atoms with E-state index < -0.39 is 5.60 Å². The highest BCUT2D eigenvalue weighted by Gasteiger charge is 2.38. The monoisotopic (exact) mass is 349 g/mol. The van der Waals surface area contributed by atoms with Crippen LogP contribution in [0.25, 0.3) is 0 Å². The van der Waals surface area contributed by atoms with Crippen molar-refractivity contribution in [2.24, 2.45) is 0 Å². The Kier molecular flexibility index (Phi) is 5.08. The Labute approximate surface area is 145 Å². The van der Waals surface area contributed by atoms with Gasteiger partial charge in [0.25, 0.3) is 5.91 Å². The Morgan fingerprint density at radius 1 is 1.38 bits per heavy atom. The van der Waals surface area contributed by atoms with Gasteiger partial charge < -0.3 is 19.6 Å². The molecule has 1 aliphatic rings. The number of carbonyl (C=O) groups is 1. The van der Waals surface area contributed by atoms with Gasteiger partial charge in [0.15, 0.2) is 0 Å². The summed E-state index contributed by atoms with van der Waals surface area (Å²) < 4.78 is 10.8. The third kappa shape index (κ3) is 3.71. The molecule has 0 spiro atoms. The quantitative estimate of drug-likeness (QED) is 0.870. The van der Waals surface area contributed by atoms with Gasteiger partial charge in [0.2, 0.25) is 0 Å². The molecule has 2 aromatic heterocycles. The number of hydrogen-bond donors (Lipinski definition) is 2. The largest absolute Gasteiger partial charge is 0.465 e. The van der Waals surface area contributed by atoms with Crippen LogP contribution in [0.1, 0.15) is 45.6 Å². The van der Waals surface area contributed by atoms with E-state index in [2.05, 4.69) is 24.4 Å². The Hall–Kier alpha value is -1.63. The van der Waals surface area contributed by atoms with Crippen molar-refractivity contribution in [3.63, 3.8) is 0 Å². The summed E-state index contributed by atoms with van der Waals surface area (Å²) in [5.74, 6) is 0.141. The fourth-order valence-corrected chi connectivity index (χ4v) is 4.05. The summed E-state index contributed by atoms with van der Waals surface area (Å²) in [7, 11) is 0. The number of hydrogen-bond acceptors (Lipinski definition) is 5. The van der Waals surface area contributed by atoms with Gasteiger partial charge in [0, 0.05) is 48.3 Å². The van der Waals surface area contributed by atoms with Crippen LogP contribution in [-0.2, 0) is 16.8 Å². The minimum Gasteiger partial charge on any atom is -0.465 e. The number of ether oxygens (including phenoxy) is 1. The van der Waals surface area contributed by atoms with Gasteiger partial charge >= 0.3 is 0 Å². The number of carbonyl (C=O) groups excluding carboxylic acids is 1. The van der Waals surface area contributed by atoms with E-state index in [1.807, 2.05) is 6.92 Å². The van der Waals surface area contributed by atoms with Gasteiger partial charge in [-0.25, -0.2) is 0 Å². The number of amides is 1. The van der Waals surface area contributed by atoms with Gasteiger partial charge in [0.1, 0.15) is 11.4 Å². The molecule has 130 valence electrons. The third-order valence-corrected chi connectivity index (χ3v) is 5.36. The second-order valence-corrected chi connectivity index (χ2v) is 7.77. The van der Waals surface area contributed by atoms with Gasteiger partial charge in [-0.2, -0.15) is 0 Å². The van der Waals surface area contributed by atoms with E-state index in [1.165, 1.54) is 16.0 Å². The molecular formula is C18H23NO4S. The van der Waals surface area contributed by atoms with Crippen molar-refractivity contribution in [3.8, 4) is 0 Å². The molecule has 0 saturated carbocycles. The second-order valence-electron chi connectivity index (χ2n) is 6.40. The Balaban J connectivity index is 1.68. The highest BCUT2D eigenvalue weighted by Crippen LogP contribution is 2.34. The van der Waals surface area contributed by atoms with Gasteiger partial charge in [-0.15, -0.1) is 11.3 Å². The number of furan rings is 1. The van der Waals surface area contributed by atoms with E-state index in [1.54, 1.807) is 17.4 Å². The molecule has 1 unspecified atom stereocenters. The lowest BCUT2D eigenvalue weighted by Crippen LogP contribution is -2.38. The van der Waals surface area contributed by atoms with Crippen molar-refractivity contribution in [3.05, 3.63) is 45.5 Å². The third-order valence-electron chi connectivity index (χ3n) is 4.33. The highest BCUT2D eigenvalue weighted by atomic mass is 32.1. The summed E-state index contributed by atoms with van der Waals surface area (Å²) >= 11 is 1.74. The zero-order valence-corrected chi connectivity index (χ0v) is 14.8. The number of aryl methyl sites for hydroxylation is 1. The van der Waals surface area contributed by atoms with Gasteiger partial charge in [-0.3, -0.25) is 4.79 Å². The molecule has 1 amide bonds. The van der Waals surface area contributed by atoms with E-state index in [0.29, 0.717) is 37.4 Å². The smallest absolute Gasteiger partial charge is 0.255 e. The molecule has 6 heteroatoms. The minimum absolute atomic E-state index is 0.00244. The molecular weight excluding hydrogens is 326 g/mol. The van der Waals surface area contributed by atoms with Crippen LogP contribution in [0.2, 0.25) is 0 Å². The lowest BCUT2D eigenvalue weighted by atomic mass is 9.89. The molecule has 2 aromatic rings. The number of aliphatic hydroxyl groups is 1. The number of thiophene rings is 1. The van der Waals surface area contributed by atoms with Crippen LogP contribution in [0.15, 0.2) is 28.9 Å². The van der Waals surface area contributed by atoms with E-state index in [0.717, 1.165) is 6.42 Å². The lowest BCUT2D eigenvalue weighted by Gasteiger charge is -2.30. The average molecular weight is 349 g/mol. The molecule has 24 heavy (non-hydrogen) atoms. The van der Waals surface area contributed by atoms with Crippen LogP contribution in [0.4, 0.5) is 0 Å². The molecule has 0 aromatic carbocycles. The zero-order valence-electron chi connectivity index (χ0n) is 14.0. The Bertz CT molecular complexity index is 699. The van der Waals surface area contributed by atoms with Gasteiger partial charge in [-0.1, -0.05) is 0 Å². The van der Waals surface area contributed by atoms with Crippen molar-refractivity contribution < 1.29 is 19.1 Å². The summed E-state index contributed by atoms with van der Waals surface area (Å²) in [6.45, 7) is 4.98. The summed E-state index contributed by atoms with van der Waals surface area (Å²) in [6, 6.07) is 5.81. The van der Waals surface area contributed by atoms with E-state index >= 15 is 0 Å². The summed E-state index contributed by atoms with van der Waals surface area (Å²) in [6.07, 6.45) is 3.12. The molecule has 1 atom stereocenters. The van der Waals surface area contributed by atoms with Crippen LogP contribution >= 0.6 is 11.3 Å². The molecule has 0 bridgehead atoms. The maximum absolute atomic E-state index is 12.6. The standard InChI is InChI=1S/C18H23NO4S/c1-12(11-14-4-3-13(2)24-14)19-17(20)15-5-8-23-16(15)18(21)6-9-22-10-7-18/h3-5,8,12,21H,6-7,9-11H2,1-2H3,(H,19,20). The highest BCUT2D eigenvalue weighted by molar-refractivity contribution is 7.11. The molecule has 2 N–H and O–H groups in total. The SMILES string of the molecule is Cc1ccc(CC(C)NC(=O)c2ccoc2C2(O)CCOCC2)s1. The molecule has 0 radical (unpaired) electrons. The first kappa shape index (κ1) is 17.2. The van der Waals surface area contributed by atoms with Gasteiger partial charge in [-0.05, 0) is 32.0 Å². The van der Waals surface area contributed by atoms with Crippen LogP contribution in [-0.4, -0.2) is 30.3 Å². The number of rotatable bonds is 5. The van der Waals surface area contributed by atoms with Crippen molar-refractivity contribution in [2.45, 2.75) is 44.8 Å². The Morgan fingerprint density at radius 3 is 2.79 bits per heavy atom. The fraction of sp³-hybridized carbons (Fsp3) is 0.500. The van der Waals surface area contributed by atoms with Crippen molar-refractivity contribution in [1.29, 1.82) is 0 Å². The molecule has 1 aliphatic heterocycles. The topological polar surface area (TPSA) is 71.7 Å². The Morgan fingerprint density at radius 2 is 2.12 bits per heavy atom. The molecule has 0 aliphatic carbocycles. The van der Waals surface area contributed by atoms with Crippen molar-refractivity contribution >= 4 is 17.2 Å². The maximum Gasteiger partial charge on any atom is 0.255 e. The van der Waals surface area contributed by atoms with Crippen LogP contribution < -0.4 is 5.32 Å². The second kappa shape index (κ2) is 7.09. The summed E-state index contributed by atoms with van der Waals surface area (Å²) in [5, 5.41) is 13.8. The van der Waals surface area contributed by atoms with E-state index in [-0.39, 0.29) is 11.9 Å². The van der Waals surface area contributed by atoms with E-state index in [4.69, 9.17) is 9.15 Å². The van der Waals surface area contributed by atoms with Crippen molar-refractivity contribution in [2.75, 3.05) is 13.2 Å². The molecule has 1 saturated heterocycles. The van der Waals surface area contributed by atoms with Crippen LogP contribution in [0, 0.1) is 6.92 Å². The predicted molar refractivity (Wildman–Crippen MR) is 92.3 cm³/mol. The fourth-order valence-electron chi connectivity index (χ4n) is 3.03. The lowest BCUT2D eigenvalue weighted by molar-refractivity contribution is -0.0804. The van der Waals surface area contributed by atoms with Crippen molar-refractivity contribution in [1.82, 2.24) is 5.32 Å². The molecule has 1 fully saturated rings. The molecule has 3 heterocycles. The zero-order chi connectivity index (χ0) is 17.2. The maximum atomic E-state index is 12.6. The predicted octanol–water partition coefficient (Wildman–Crippen LogP) is 3.01. The van der Waals surface area contributed by atoms with Gasteiger partial charge in [0.05, 0.1) is 11.8 Å². The first-order chi connectivity index (χ1) is 11.5. The summed E-state index contributed by atoms with van der Waals surface area (Å²) in [4.78, 5) is 15.1. The number of nitrogens with one attached hydrogen (secondary N) is 1. The minimum atomic E-state index is -1.12.